The van der Waals surface area contributed by atoms with Crippen LogP contribution in [0.15, 0.2) is 48.5 Å². The number of nitro benzene ring substituents is 1. The monoisotopic (exact) mass is 396 g/mol. The Hall–Kier alpha value is -3.42. The zero-order valence-corrected chi connectivity index (χ0v) is 16.3. The molecular formula is C21H24N4O4. The molecular weight excluding hydrogens is 372 g/mol. The second kappa shape index (κ2) is 9.18. The number of benzene rings is 2. The Morgan fingerprint density at radius 1 is 1.07 bits per heavy atom. The molecule has 152 valence electrons. The summed E-state index contributed by atoms with van der Waals surface area (Å²) in [6, 6.07) is 13.1. The standard InChI is InChI=1S/C21H24N4O4/c1-2-4-20(26)24-13-11-23(12-14-24)18-9-7-17(8-10-18)22-21(27)16-5-3-6-19(15-16)25(28)29/h3,5-10,15H,2,4,11-14H2,1H3,(H,22,27). The molecule has 0 radical (unpaired) electrons. The first-order valence-corrected chi connectivity index (χ1v) is 9.66. The second-order valence-electron chi connectivity index (χ2n) is 6.93. The van der Waals surface area contributed by atoms with E-state index in [-0.39, 0.29) is 17.2 Å². The topological polar surface area (TPSA) is 95.8 Å². The summed E-state index contributed by atoms with van der Waals surface area (Å²) < 4.78 is 0. The number of nitro groups is 1. The van der Waals surface area contributed by atoms with Crippen molar-refractivity contribution in [2.75, 3.05) is 36.4 Å². The van der Waals surface area contributed by atoms with E-state index in [0.29, 0.717) is 25.2 Å². The third kappa shape index (κ3) is 5.10. The van der Waals surface area contributed by atoms with Gasteiger partial charge in [0.05, 0.1) is 4.92 Å². The molecule has 1 aliphatic rings. The Kier molecular flexibility index (Phi) is 6.43. The van der Waals surface area contributed by atoms with Gasteiger partial charge in [-0.1, -0.05) is 13.0 Å². The Balaban J connectivity index is 1.58. The fourth-order valence-corrected chi connectivity index (χ4v) is 3.31. The third-order valence-corrected chi connectivity index (χ3v) is 4.91. The molecule has 0 atom stereocenters. The lowest BCUT2D eigenvalue weighted by molar-refractivity contribution is -0.384. The van der Waals surface area contributed by atoms with E-state index in [2.05, 4.69) is 10.2 Å². The Morgan fingerprint density at radius 3 is 2.38 bits per heavy atom. The van der Waals surface area contributed by atoms with Crippen LogP contribution in [0.5, 0.6) is 0 Å². The highest BCUT2D eigenvalue weighted by atomic mass is 16.6. The van der Waals surface area contributed by atoms with Gasteiger partial charge in [0.25, 0.3) is 11.6 Å². The lowest BCUT2D eigenvalue weighted by atomic mass is 10.1. The van der Waals surface area contributed by atoms with Crippen LogP contribution in [0.3, 0.4) is 0 Å². The van der Waals surface area contributed by atoms with Crippen LogP contribution < -0.4 is 10.2 Å². The van der Waals surface area contributed by atoms with Gasteiger partial charge in [-0.2, -0.15) is 0 Å². The van der Waals surface area contributed by atoms with Crippen LogP contribution in [0.25, 0.3) is 0 Å². The van der Waals surface area contributed by atoms with E-state index in [1.165, 1.54) is 24.3 Å². The minimum absolute atomic E-state index is 0.121. The maximum atomic E-state index is 12.3. The van der Waals surface area contributed by atoms with Gasteiger partial charge >= 0.3 is 0 Å². The molecule has 29 heavy (non-hydrogen) atoms. The minimum Gasteiger partial charge on any atom is -0.368 e. The highest BCUT2D eigenvalue weighted by molar-refractivity contribution is 6.04. The molecule has 0 unspecified atom stereocenters. The second-order valence-corrected chi connectivity index (χ2v) is 6.93. The number of anilines is 2. The maximum absolute atomic E-state index is 12.3. The molecule has 2 aromatic carbocycles. The summed E-state index contributed by atoms with van der Waals surface area (Å²) >= 11 is 0. The molecule has 2 amide bonds. The fraction of sp³-hybridized carbons (Fsp3) is 0.333. The number of amides is 2. The van der Waals surface area contributed by atoms with E-state index in [1.807, 2.05) is 24.0 Å². The number of carbonyl (C=O) groups excluding carboxylic acids is 2. The summed E-state index contributed by atoms with van der Waals surface area (Å²) in [5.74, 6) is -0.184. The van der Waals surface area contributed by atoms with Crippen LogP contribution in [0.1, 0.15) is 30.1 Å². The van der Waals surface area contributed by atoms with Crippen LogP contribution in [-0.4, -0.2) is 47.8 Å². The molecule has 0 saturated carbocycles. The van der Waals surface area contributed by atoms with Gasteiger partial charge in [-0.25, -0.2) is 0 Å². The number of piperazine rings is 1. The van der Waals surface area contributed by atoms with E-state index in [0.717, 1.165) is 25.2 Å². The Labute approximate surface area is 169 Å². The number of carbonyl (C=O) groups is 2. The predicted molar refractivity (Wildman–Crippen MR) is 111 cm³/mol. The summed E-state index contributed by atoms with van der Waals surface area (Å²) in [7, 11) is 0. The van der Waals surface area contributed by atoms with Crippen molar-refractivity contribution in [1.82, 2.24) is 4.90 Å². The molecule has 1 fully saturated rings. The molecule has 8 nitrogen and oxygen atoms in total. The van der Waals surface area contributed by atoms with E-state index in [1.54, 1.807) is 12.1 Å². The average molecular weight is 396 g/mol. The van der Waals surface area contributed by atoms with Crippen LogP contribution in [0, 0.1) is 10.1 Å². The summed E-state index contributed by atoms with van der Waals surface area (Å²) in [4.78, 5) is 38.8. The van der Waals surface area contributed by atoms with Gasteiger partial charge in [0.1, 0.15) is 0 Å². The highest BCUT2D eigenvalue weighted by Crippen LogP contribution is 2.21. The SMILES string of the molecule is CCCC(=O)N1CCN(c2ccc(NC(=O)c3cccc([N+](=O)[O-])c3)cc2)CC1. The van der Waals surface area contributed by atoms with Crippen LogP contribution in [0.4, 0.5) is 17.1 Å². The number of nitrogens with zero attached hydrogens (tertiary/aromatic N) is 3. The summed E-state index contributed by atoms with van der Waals surface area (Å²) in [5, 5.41) is 13.6. The van der Waals surface area contributed by atoms with Crippen molar-refractivity contribution < 1.29 is 14.5 Å². The number of non-ortho nitro benzene ring substituents is 1. The lowest BCUT2D eigenvalue weighted by Gasteiger charge is -2.36. The summed E-state index contributed by atoms with van der Waals surface area (Å²) in [6.07, 6.45) is 1.46. The molecule has 0 bridgehead atoms. The smallest absolute Gasteiger partial charge is 0.270 e. The van der Waals surface area contributed by atoms with Crippen molar-refractivity contribution in [3.05, 3.63) is 64.2 Å². The zero-order valence-electron chi connectivity index (χ0n) is 16.3. The maximum Gasteiger partial charge on any atom is 0.270 e. The van der Waals surface area contributed by atoms with Crippen molar-refractivity contribution in [3.8, 4) is 0 Å². The van der Waals surface area contributed by atoms with Crippen molar-refractivity contribution in [1.29, 1.82) is 0 Å². The first kappa shape index (κ1) is 20.3. The molecule has 1 saturated heterocycles. The van der Waals surface area contributed by atoms with E-state index >= 15 is 0 Å². The fourth-order valence-electron chi connectivity index (χ4n) is 3.31. The van der Waals surface area contributed by atoms with Crippen molar-refractivity contribution >= 4 is 28.9 Å². The molecule has 3 rings (SSSR count). The highest BCUT2D eigenvalue weighted by Gasteiger charge is 2.20. The molecule has 2 aromatic rings. The molecule has 0 spiro atoms. The molecule has 8 heteroatoms. The van der Waals surface area contributed by atoms with E-state index in [4.69, 9.17) is 0 Å². The Morgan fingerprint density at radius 2 is 1.76 bits per heavy atom. The predicted octanol–water partition coefficient (Wildman–Crippen LogP) is 3.30. The normalized spacial score (nSPS) is 13.8. The quantitative estimate of drug-likeness (QED) is 0.597. The molecule has 1 heterocycles. The average Bonchev–Trinajstić information content (AvgIpc) is 2.74. The van der Waals surface area contributed by atoms with Crippen LogP contribution in [0.2, 0.25) is 0 Å². The van der Waals surface area contributed by atoms with Gasteiger partial charge in [-0.05, 0) is 36.8 Å². The number of nitrogens with one attached hydrogen (secondary N) is 1. The third-order valence-electron chi connectivity index (χ3n) is 4.91. The first-order valence-electron chi connectivity index (χ1n) is 9.66. The van der Waals surface area contributed by atoms with E-state index < -0.39 is 10.8 Å². The van der Waals surface area contributed by atoms with Gasteiger partial charge < -0.3 is 15.1 Å². The molecule has 0 aromatic heterocycles. The van der Waals surface area contributed by atoms with Gasteiger partial charge in [-0.15, -0.1) is 0 Å². The van der Waals surface area contributed by atoms with Gasteiger partial charge in [-0.3, -0.25) is 19.7 Å². The largest absolute Gasteiger partial charge is 0.368 e. The van der Waals surface area contributed by atoms with Gasteiger partial charge in [0.2, 0.25) is 5.91 Å². The van der Waals surface area contributed by atoms with Crippen molar-refractivity contribution in [3.63, 3.8) is 0 Å². The number of hydrogen-bond donors (Lipinski definition) is 1. The molecule has 1 N–H and O–H groups in total. The van der Waals surface area contributed by atoms with Gasteiger partial charge in [0, 0.05) is 61.7 Å². The van der Waals surface area contributed by atoms with Crippen molar-refractivity contribution in [2.24, 2.45) is 0 Å². The zero-order chi connectivity index (χ0) is 20.8. The first-order chi connectivity index (χ1) is 14.0. The van der Waals surface area contributed by atoms with E-state index in [9.17, 15) is 19.7 Å². The molecule has 0 aliphatic carbocycles. The number of hydrogen-bond acceptors (Lipinski definition) is 5. The summed E-state index contributed by atoms with van der Waals surface area (Å²) in [6.45, 7) is 4.98. The van der Waals surface area contributed by atoms with Crippen LogP contribution >= 0.6 is 0 Å². The van der Waals surface area contributed by atoms with Crippen LogP contribution in [-0.2, 0) is 4.79 Å². The number of rotatable bonds is 6. The Bertz CT molecular complexity index is 890. The lowest BCUT2D eigenvalue weighted by Crippen LogP contribution is -2.48. The van der Waals surface area contributed by atoms with Crippen molar-refractivity contribution in [2.45, 2.75) is 19.8 Å². The minimum atomic E-state index is -0.527. The van der Waals surface area contributed by atoms with Gasteiger partial charge in [0.15, 0.2) is 0 Å². The molecule has 1 aliphatic heterocycles. The summed E-state index contributed by atoms with van der Waals surface area (Å²) in [5.41, 5.74) is 1.75.